The molecule has 1 saturated heterocycles. The average Bonchev–Trinajstić information content (AvgIpc) is 2.93. The summed E-state index contributed by atoms with van der Waals surface area (Å²) in [5, 5.41) is 11.2. The van der Waals surface area contributed by atoms with E-state index in [1.54, 1.807) is 14.0 Å². The number of ether oxygens (including phenoxy) is 2. The summed E-state index contributed by atoms with van der Waals surface area (Å²) in [4.78, 5) is 8.21. The van der Waals surface area contributed by atoms with Gasteiger partial charge in [-0.25, -0.2) is 9.97 Å². The highest BCUT2D eigenvalue weighted by atomic mass is 16.6. The van der Waals surface area contributed by atoms with E-state index in [1.807, 2.05) is 16.8 Å². The molecule has 3 rings (SSSR count). The highest BCUT2D eigenvalue weighted by Gasteiger charge is 2.44. The van der Waals surface area contributed by atoms with Gasteiger partial charge in [0.05, 0.1) is 17.6 Å². The quantitative estimate of drug-likeness (QED) is 0.858. The standard InChI is InChI=1S/C13H18N4O3/c1-13(18)5-10(20-9(13)6-19-2)17-4-3-8-11(14)15-7-16-12(8)17/h3-4,7,9-10,18H,5-6H2,1-2H3,(H2,14,15,16). The van der Waals surface area contributed by atoms with Crippen LogP contribution in [-0.4, -0.2) is 45.1 Å². The van der Waals surface area contributed by atoms with Crippen LogP contribution in [0.25, 0.3) is 11.0 Å². The first kappa shape index (κ1) is 13.3. The van der Waals surface area contributed by atoms with Crippen molar-refractivity contribution < 1.29 is 14.6 Å². The number of methoxy groups -OCH3 is 1. The molecule has 0 amide bonds. The molecule has 2 aromatic rings. The largest absolute Gasteiger partial charge is 0.387 e. The van der Waals surface area contributed by atoms with E-state index in [0.717, 1.165) is 5.39 Å². The molecular weight excluding hydrogens is 260 g/mol. The Kier molecular flexibility index (Phi) is 3.12. The first-order valence-corrected chi connectivity index (χ1v) is 6.46. The maximum Gasteiger partial charge on any atom is 0.147 e. The molecule has 0 saturated carbocycles. The molecule has 0 radical (unpaired) electrons. The minimum absolute atomic E-state index is 0.294. The number of rotatable bonds is 3. The molecule has 1 aliphatic rings. The van der Waals surface area contributed by atoms with E-state index in [9.17, 15) is 5.11 Å². The van der Waals surface area contributed by atoms with Crippen LogP contribution in [0.15, 0.2) is 18.6 Å². The lowest BCUT2D eigenvalue weighted by molar-refractivity contribution is -0.0814. The maximum atomic E-state index is 10.4. The van der Waals surface area contributed by atoms with Gasteiger partial charge in [0, 0.05) is 19.7 Å². The molecule has 3 N–H and O–H groups in total. The number of fused-ring (bicyclic) bond motifs is 1. The summed E-state index contributed by atoms with van der Waals surface area (Å²) in [6.45, 7) is 2.10. The van der Waals surface area contributed by atoms with Crippen LogP contribution < -0.4 is 5.73 Å². The number of nitrogens with zero attached hydrogens (tertiary/aromatic N) is 3. The number of nitrogen functional groups attached to an aromatic ring is 1. The van der Waals surface area contributed by atoms with Gasteiger partial charge in [-0.1, -0.05) is 0 Å². The maximum absolute atomic E-state index is 10.4. The van der Waals surface area contributed by atoms with E-state index in [4.69, 9.17) is 15.2 Å². The number of aliphatic hydroxyl groups is 1. The Bertz CT molecular complexity index is 625. The predicted molar refractivity (Wildman–Crippen MR) is 73.0 cm³/mol. The minimum Gasteiger partial charge on any atom is -0.387 e. The van der Waals surface area contributed by atoms with E-state index >= 15 is 0 Å². The van der Waals surface area contributed by atoms with Gasteiger partial charge in [-0.2, -0.15) is 0 Å². The van der Waals surface area contributed by atoms with E-state index in [-0.39, 0.29) is 12.3 Å². The van der Waals surface area contributed by atoms with Crippen molar-refractivity contribution in [2.75, 3.05) is 19.5 Å². The molecule has 0 aromatic carbocycles. The second-order valence-electron chi connectivity index (χ2n) is 5.32. The summed E-state index contributed by atoms with van der Waals surface area (Å²) in [5.74, 6) is 0.437. The molecule has 7 heteroatoms. The molecule has 3 unspecified atom stereocenters. The molecule has 1 aliphatic heterocycles. The van der Waals surface area contributed by atoms with Gasteiger partial charge in [-0.3, -0.25) is 0 Å². The zero-order valence-electron chi connectivity index (χ0n) is 11.5. The van der Waals surface area contributed by atoms with Crippen LogP contribution in [-0.2, 0) is 9.47 Å². The number of nitrogens with two attached hydrogens (primary N) is 1. The van der Waals surface area contributed by atoms with Crippen LogP contribution in [0, 0.1) is 0 Å². The third-order valence-electron chi connectivity index (χ3n) is 3.77. The third kappa shape index (κ3) is 2.04. The Morgan fingerprint density at radius 3 is 3.15 bits per heavy atom. The Hall–Kier alpha value is -1.70. The van der Waals surface area contributed by atoms with Gasteiger partial charge in [0.25, 0.3) is 0 Å². The number of hydrogen-bond donors (Lipinski definition) is 2. The van der Waals surface area contributed by atoms with Gasteiger partial charge in [-0.15, -0.1) is 0 Å². The monoisotopic (exact) mass is 278 g/mol. The van der Waals surface area contributed by atoms with Crippen molar-refractivity contribution in [3.05, 3.63) is 18.6 Å². The Balaban J connectivity index is 1.95. The van der Waals surface area contributed by atoms with Crippen molar-refractivity contribution in [1.29, 1.82) is 0 Å². The number of aromatic nitrogens is 3. The van der Waals surface area contributed by atoms with E-state index < -0.39 is 5.60 Å². The zero-order valence-corrected chi connectivity index (χ0v) is 11.5. The highest BCUT2D eigenvalue weighted by molar-refractivity contribution is 5.86. The van der Waals surface area contributed by atoms with Crippen molar-refractivity contribution in [3.63, 3.8) is 0 Å². The van der Waals surface area contributed by atoms with Crippen LogP contribution in [0.3, 0.4) is 0 Å². The van der Waals surface area contributed by atoms with Crippen LogP contribution in [0.5, 0.6) is 0 Å². The fourth-order valence-corrected chi connectivity index (χ4v) is 2.63. The van der Waals surface area contributed by atoms with E-state index in [2.05, 4.69) is 9.97 Å². The normalized spacial score (nSPS) is 30.1. The summed E-state index contributed by atoms with van der Waals surface area (Å²) in [5.41, 5.74) is 5.59. The van der Waals surface area contributed by atoms with Crippen molar-refractivity contribution in [3.8, 4) is 0 Å². The molecule has 1 fully saturated rings. The summed E-state index contributed by atoms with van der Waals surface area (Å²) in [7, 11) is 1.59. The SMILES string of the molecule is COCC1OC(n2ccc3c(N)ncnc32)CC1(C)O. The summed E-state index contributed by atoms with van der Waals surface area (Å²) < 4.78 is 12.9. The molecule has 0 spiro atoms. The minimum atomic E-state index is -0.935. The third-order valence-corrected chi connectivity index (χ3v) is 3.77. The molecule has 2 aromatic heterocycles. The molecule has 20 heavy (non-hydrogen) atoms. The van der Waals surface area contributed by atoms with Crippen molar-refractivity contribution in [2.45, 2.75) is 31.3 Å². The van der Waals surface area contributed by atoms with Gasteiger partial charge in [0.1, 0.15) is 30.1 Å². The van der Waals surface area contributed by atoms with Crippen LogP contribution >= 0.6 is 0 Å². The summed E-state index contributed by atoms with van der Waals surface area (Å²) >= 11 is 0. The van der Waals surface area contributed by atoms with Gasteiger partial charge >= 0.3 is 0 Å². The molecule has 7 nitrogen and oxygen atoms in total. The predicted octanol–water partition coefficient (Wildman–Crippen LogP) is 0.698. The van der Waals surface area contributed by atoms with Crippen LogP contribution in [0.2, 0.25) is 0 Å². The van der Waals surface area contributed by atoms with Crippen molar-refractivity contribution >= 4 is 16.9 Å². The number of anilines is 1. The fraction of sp³-hybridized carbons (Fsp3) is 0.538. The topological polar surface area (TPSA) is 95.4 Å². The lowest BCUT2D eigenvalue weighted by Gasteiger charge is -2.22. The van der Waals surface area contributed by atoms with Gasteiger partial charge in [-0.05, 0) is 13.0 Å². The lowest BCUT2D eigenvalue weighted by Crippen LogP contribution is -2.37. The Morgan fingerprint density at radius 1 is 1.60 bits per heavy atom. The second-order valence-corrected chi connectivity index (χ2v) is 5.32. The zero-order chi connectivity index (χ0) is 14.3. The van der Waals surface area contributed by atoms with Crippen molar-refractivity contribution in [1.82, 2.24) is 14.5 Å². The summed E-state index contributed by atoms with van der Waals surface area (Å²) in [6.07, 6.45) is 3.08. The molecule has 3 heterocycles. The van der Waals surface area contributed by atoms with Crippen molar-refractivity contribution in [2.24, 2.45) is 0 Å². The Labute approximate surface area is 116 Å². The van der Waals surface area contributed by atoms with Gasteiger partial charge in [0.2, 0.25) is 0 Å². The lowest BCUT2D eigenvalue weighted by atomic mass is 9.98. The first-order chi connectivity index (χ1) is 9.53. The molecule has 0 bridgehead atoms. The highest BCUT2D eigenvalue weighted by Crippen LogP contribution is 2.38. The first-order valence-electron chi connectivity index (χ1n) is 6.46. The van der Waals surface area contributed by atoms with Crippen LogP contribution in [0.1, 0.15) is 19.6 Å². The average molecular weight is 278 g/mol. The van der Waals surface area contributed by atoms with Gasteiger partial charge in [0.15, 0.2) is 0 Å². The van der Waals surface area contributed by atoms with Gasteiger partial charge < -0.3 is 24.9 Å². The molecule has 3 atom stereocenters. The summed E-state index contributed by atoms with van der Waals surface area (Å²) in [6, 6.07) is 1.85. The fourth-order valence-electron chi connectivity index (χ4n) is 2.63. The molecule has 0 aliphatic carbocycles. The van der Waals surface area contributed by atoms with Crippen LogP contribution in [0.4, 0.5) is 5.82 Å². The van der Waals surface area contributed by atoms with E-state index in [0.29, 0.717) is 24.5 Å². The smallest absolute Gasteiger partial charge is 0.147 e. The molecular formula is C13H18N4O3. The molecule has 108 valence electrons. The second kappa shape index (κ2) is 4.69. The number of hydrogen-bond acceptors (Lipinski definition) is 6. The Morgan fingerprint density at radius 2 is 2.40 bits per heavy atom. The van der Waals surface area contributed by atoms with E-state index in [1.165, 1.54) is 6.33 Å².